The van der Waals surface area contributed by atoms with Crippen LogP contribution in [0.4, 0.5) is 0 Å². The van der Waals surface area contributed by atoms with E-state index in [4.69, 9.17) is 0 Å². The van der Waals surface area contributed by atoms with Gasteiger partial charge in [0.1, 0.15) is 11.5 Å². The number of H-pyrrole nitrogens is 1. The van der Waals surface area contributed by atoms with Crippen molar-refractivity contribution in [2.45, 2.75) is 38.5 Å². The Morgan fingerprint density at radius 1 is 1.45 bits per heavy atom. The van der Waals surface area contributed by atoms with Gasteiger partial charge in [0.25, 0.3) is 11.5 Å². The normalized spacial score (nSPS) is 24.7. The van der Waals surface area contributed by atoms with Gasteiger partial charge in [0, 0.05) is 36.9 Å². The largest absolute Gasteiger partial charge is 0.355 e. The molecule has 3 N–H and O–H groups in total. The lowest BCUT2D eigenvalue weighted by atomic mass is 9.82. The van der Waals surface area contributed by atoms with Crippen molar-refractivity contribution in [1.29, 1.82) is 0 Å². The molecule has 1 unspecified atom stereocenters. The number of piperidine rings is 1. The van der Waals surface area contributed by atoms with Crippen LogP contribution in [-0.2, 0) is 4.79 Å². The number of rotatable bonds is 4. The molecule has 7 heteroatoms. The maximum atomic E-state index is 12.2. The summed E-state index contributed by atoms with van der Waals surface area (Å²) in [4.78, 5) is 42.0. The van der Waals surface area contributed by atoms with Gasteiger partial charge in [-0.25, -0.2) is 4.98 Å². The van der Waals surface area contributed by atoms with Crippen LogP contribution in [0, 0.1) is 5.41 Å². The highest BCUT2D eigenvalue weighted by molar-refractivity contribution is 5.92. The summed E-state index contributed by atoms with van der Waals surface area (Å²) in [5.74, 6) is 0.598. The van der Waals surface area contributed by atoms with Gasteiger partial charge in [-0.1, -0.05) is 6.92 Å². The Bertz CT molecular complexity index is 653. The first kappa shape index (κ1) is 14.7. The van der Waals surface area contributed by atoms with E-state index in [1.807, 2.05) is 6.92 Å². The van der Waals surface area contributed by atoms with Crippen LogP contribution < -0.4 is 16.2 Å². The summed E-state index contributed by atoms with van der Waals surface area (Å²) in [6.07, 6.45) is 3.22. The number of hydrogen-bond donors (Lipinski definition) is 3. The maximum Gasteiger partial charge on any atom is 0.270 e. The molecule has 0 radical (unpaired) electrons. The summed E-state index contributed by atoms with van der Waals surface area (Å²) in [6.45, 7) is 3.01. The summed E-state index contributed by atoms with van der Waals surface area (Å²) >= 11 is 0. The number of aromatic amines is 1. The molecule has 1 aromatic rings. The molecule has 1 atom stereocenters. The van der Waals surface area contributed by atoms with E-state index in [2.05, 4.69) is 20.6 Å². The first-order valence-corrected chi connectivity index (χ1v) is 7.61. The molecule has 1 saturated heterocycles. The third kappa shape index (κ3) is 3.35. The third-order valence-electron chi connectivity index (χ3n) is 4.30. The van der Waals surface area contributed by atoms with Gasteiger partial charge in [-0.2, -0.15) is 0 Å². The Morgan fingerprint density at radius 2 is 2.23 bits per heavy atom. The van der Waals surface area contributed by atoms with E-state index >= 15 is 0 Å². The minimum Gasteiger partial charge on any atom is -0.355 e. The fourth-order valence-corrected chi connectivity index (χ4v) is 2.58. The Kier molecular flexibility index (Phi) is 3.72. The smallest absolute Gasteiger partial charge is 0.270 e. The molecular weight excluding hydrogens is 284 g/mol. The first-order chi connectivity index (χ1) is 10.5. The number of nitrogens with one attached hydrogen (secondary N) is 3. The predicted molar refractivity (Wildman–Crippen MR) is 79.5 cm³/mol. The molecule has 2 aliphatic rings. The monoisotopic (exact) mass is 304 g/mol. The Labute approximate surface area is 127 Å². The lowest BCUT2D eigenvalue weighted by Gasteiger charge is -2.33. The molecule has 1 aliphatic heterocycles. The molecule has 22 heavy (non-hydrogen) atoms. The number of nitrogens with zero attached hydrogens (tertiary/aromatic N) is 1. The fourth-order valence-electron chi connectivity index (χ4n) is 2.58. The van der Waals surface area contributed by atoms with Gasteiger partial charge in [-0.05, 0) is 19.3 Å². The molecule has 3 rings (SSSR count). The number of amides is 2. The third-order valence-corrected chi connectivity index (χ3v) is 4.30. The van der Waals surface area contributed by atoms with Crippen LogP contribution in [0.5, 0.6) is 0 Å². The van der Waals surface area contributed by atoms with Crippen molar-refractivity contribution in [3.05, 3.63) is 27.9 Å². The average molecular weight is 304 g/mol. The van der Waals surface area contributed by atoms with Crippen molar-refractivity contribution >= 4 is 11.8 Å². The molecule has 0 bridgehead atoms. The van der Waals surface area contributed by atoms with Gasteiger partial charge in [-0.15, -0.1) is 0 Å². The fraction of sp³-hybridized carbons (Fsp3) is 0.600. The van der Waals surface area contributed by atoms with Crippen LogP contribution in [-0.4, -0.2) is 34.9 Å². The Hall–Kier alpha value is -2.18. The number of carbonyl (C=O) groups excluding carboxylic acids is 2. The van der Waals surface area contributed by atoms with E-state index in [1.165, 1.54) is 6.07 Å². The molecule has 2 amide bonds. The molecule has 1 saturated carbocycles. The summed E-state index contributed by atoms with van der Waals surface area (Å²) in [7, 11) is 0. The quantitative estimate of drug-likeness (QED) is 0.744. The summed E-state index contributed by atoms with van der Waals surface area (Å²) in [5, 5.41) is 5.65. The van der Waals surface area contributed by atoms with Gasteiger partial charge in [-0.3, -0.25) is 14.4 Å². The molecule has 2 fully saturated rings. The van der Waals surface area contributed by atoms with Crippen LogP contribution in [0.25, 0.3) is 0 Å². The summed E-state index contributed by atoms with van der Waals surface area (Å²) in [6, 6.07) is 1.23. The van der Waals surface area contributed by atoms with Crippen molar-refractivity contribution in [2.75, 3.05) is 13.1 Å². The van der Waals surface area contributed by atoms with E-state index in [9.17, 15) is 14.4 Å². The van der Waals surface area contributed by atoms with Crippen molar-refractivity contribution < 1.29 is 9.59 Å². The second-order valence-corrected chi connectivity index (χ2v) is 6.56. The topological polar surface area (TPSA) is 104 Å². The highest BCUT2D eigenvalue weighted by Gasteiger charge is 2.31. The summed E-state index contributed by atoms with van der Waals surface area (Å²) < 4.78 is 0. The number of aromatic nitrogens is 2. The van der Waals surface area contributed by atoms with E-state index < -0.39 is 0 Å². The molecule has 7 nitrogen and oxygen atoms in total. The van der Waals surface area contributed by atoms with E-state index in [0.29, 0.717) is 25.3 Å². The number of hydrogen-bond acceptors (Lipinski definition) is 4. The Balaban J connectivity index is 1.64. The molecule has 118 valence electrons. The SMILES string of the molecule is CC1(CNC(=O)c2cc(=O)[nH]c(C3CC3)n2)CCC(=O)NC1. The van der Waals surface area contributed by atoms with Crippen LogP contribution in [0.2, 0.25) is 0 Å². The lowest BCUT2D eigenvalue weighted by molar-refractivity contribution is -0.124. The average Bonchev–Trinajstić information content (AvgIpc) is 3.32. The molecular formula is C15H20N4O3. The van der Waals surface area contributed by atoms with Crippen molar-refractivity contribution in [1.82, 2.24) is 20.6 Å². The molecule has 1 aromatic heterocycles. The van der Waals surface area contributed by atoms with Crippen molar-refractivity contribution in [3.8, 4) is 0 Å². The highest BCUT2D eigenvalue weighted by atomic mass is 16.2. The second-order valence-electron chi connectivity index (χ2n) is 6.56. The van der Waals surface area contributed by atoms with E-state index in [0.717, 1.165) is 19.3 Å². The van der Waals surface area contributed by atoms with E-state index in [-0.39, 0.29) is 34.4 Å². The highest BCUT2D eigenvalue weighted by Crippen LogP contribution is 2.37. The standard InChI is InChI=1S/C15H20N4O3/c1-15(5-4-11(20)16-7-15)8-17-14(22)10-6-12(21)19-13(18-10)9-2-3-9/h6,9H,2-5,7-8H2,1H3,(H,16,20)(H,17,22)(H,18,19,21). The minimum absolute atomic E-state index is 0.0501. The Morgan fingerprint density at radius 3 is 2.86 bits per heavy atom. The van der Waals surface area contributed by atoms with Gasteiger partial charge >= 0.3 is 0 Å². The minimum atomic E-state index is -0.342. The zero-order chi connectivity index (χ0) is 15.7. The van der Waals surface area contributed by atoms with Gasteiger partial charge in [0.15, 0.2) is 0 Å². The lowest BCUT2D eigenvalue weighted by Crippen LogP contribution is -2.47. The maximum absolute atomic E-state index is 12.2. The molecule has 1 aliphatic carbocycles. The van der Waals surface area contributed by atoms with Crippen LogP contribution >= 0.6 is 0 Å². The van der Waals surface area contributed by atoms with Gasteiger partial charge in [0.05, 0.1) is 0 Å². The van der Waals surface area contributed by atoms with E-state index in [1.54, 1.807) is 0 Å². The zero-order valence-electron chi connectivity index (χ0n) is 12.6. The summed E-state index contributed by atoms with van der Waals surface area (Å²) in [5.41, 5.74) is -0.295. The molecule has 0 aromatic carbocycles. The van der Waals surface area contributed by atoms with Crippen molar-refractivity contribution in [3.63, 3.8) is 0 Å². The second kappa shape index (κ2) is 5.55. The van der Waals surface area contributed by atoms with Crippen LogP contribution in [0.1, 0.15) is 54.8 Å². The van der Waals surface area contributed by atoms with Gasteiger partial charge in [0.2, 0.25) is 5.91 Å². The molecule has 2 heterocycles. The zero-order valence-corrected chi connectivity index (χ0v) is 12.6. The molecule has 0 spiro atoms. The van der Waals surface area contributed by atoms with Gasteiger partial charge < -0.3 is 15.6 Å². The predicted octanol–water partition coefficient (Wildman–Crippen LogP) is 0.293. The number of carbonyl (C=O) groups is 2. The van der Waals surface area contributed by atoms with Crippen LogP contribution in [0.15, 0.2) is 10.9 Å². The van der Waals surface area contributed by atoms with Crippen molar-refractivity contribution in [2.24, 2.45) is 5.41 Å². The first-order valence-electron chi connectivity index (χ1n) is 7.61. The van der Waals surface area contributed by atoms with Crippen LogP contribution in [0.3, 0.4) is 0 Å².